The number of carbonyl (C=O) groups excluding carboxylic acids is 2. The van der Waals surface area contributed by atoms with Crippen molar-refractivity contribution in [1.82, 2.24) is 29.5 Å². The number of rotatable bonds is 12. The third-order valence-corrected chi connectivity index (χ3v) is 11.4. The number of aryl methyl sites for hydroxylation is 1. The number of hydrogen-bond acceptors (Lipinski definition) is 12. The molecule has 1 N–H and O–H groups in total. The average Bonchev–Trinajstić information content (AvgIpc) is 3.32. The summed E-state index contributed by atoms with van der Waals surface area (Å²) in [5, 5.41) is 1.71. The van der Waals surface area contributed by atoms with Gasteiger partial charge in [-0.15, -0.1) is 0 Å². The van der Waals surface area contributed by atoms with E-state index >= 15 is 0 Å². The monoisotopic (exact) mass is 956 g/mol. The first kappa shape index (κ1) is 49.2. The molecule has 0 radical (unpaired) electrons. The van der Waals surface area contributed by atoms with E-state index in [9.17, 15) is 44.8 Å². The van der Waals surface area contributed by atoms with Crippen LogP contribution in [-0.4, -0.2) is 76.2 Å². The first-order chi connectivity index (χ1) is 32.4. The Morgan fingerprint density at radius 3 is 1.62 bits per heavy atom. The van der Waals surface area contributed by atoms with Crippen molar-refractivity contribution in [2.75, 3.05) is 18.3 Å². The second-order valence-electron chi connectivity index (χ2n) is 14.9. The van der Waals surface area contributed by atoms with Crippen LogP contribution in [0.25, 0.3) is 56.2 Å². The van der Waals surface area contributed by atoms with Crippen molar-refractivity contribution in [3.63, 3.8) is 0 Å². The van der Waals surface area contributed by atoms with Crippen LogP contribution < -0.4 is 11.1 Å². The van der Waals surface area contributed by atoms with Gasteiger partial charge >= 0.3 is 0 Å². The van der Waals surface area contributed by atoms with Gasteiger partial charge in [0, 0.05) is 89.2 Å². The van der Waals surface area contributed by atoms with Gasteiger partial charge in [-0.25, -0.2) is 45.6 Å². The van der Waals surface area contributed by atoms with Gasteiger partial charge in [-0.3, -0.25) is 19.2 Å². The van der Waals surface area contributed by atoms with Crippen LogP contribution >= 0.6 is 0 Å². The van der Waals surface area contributed by atoms with Crippen LogP contribution in [0.4, 0.5) is 8.78 Å². The third-order valence-electron chi connectivity index (χ3n) is 9.83. The smallest absolute Gasteiger partial charge is 0.262 e. The van der Waals surface area contributed by atoms with Crippen LogP contribution in [0.5, 0.6) is 0 Å². The molecule has 0 unspecified atom stereocenters. The number of H-pyrrole nitrogens is 1. The van der Waals surface area contributed by atoms with Crippen LogP contribution in [0, 0.1) is 11.6 Å². The number of aromatic nitrogens is 6. The molecule has 0 saturated carbocycles. The molecule has 4 heterocycles. The summed E-state index contributed by atoms with van der Waals surface area (Å²) in [5.74, 6) is -2.41. The zero-order valence-electron chi connectivity index (χ0n) is 36.3. The predicted octanol–water partition coefficient (Wildman–Crippen LogP) is 7.98. The summed E-state index contributed by atoms with van der Waals surface area (Å²) >= 11 is 0. The highest BCUT2D eigenvalue weighted by Crippen LogP contribution is 2.33. The van der Waals surface area contributed by atoms with Crippen molar-refractivity contribution in [2.24, 2.45) is 0 Å². The van der Waals surface area contributed by atoms with E-state index in [0.717, 1.165) is 17.9 Å². The molecule has 346 valence electrons. The molecule has 0 spiro atoms. The van der Waals surface area contributed by atoms with E-state index in [0.29, 0.717) is 49.6 Å². The topological polar surface area (TPSA) is 209 Å². The van der Waals surface area contributed by atoms with Gasteiger partial charge in [0.15, 0.2) is 21.4 Å². The lowest BCUT2D eigenvalue weighted by Gasteiger charge is -2.17. The molecule has 14 nitrogen and oxygen atoms in total. The Balaban J connectivity index is 0.000000230. The number of aromatic amines is 1. The van der Waals surface area contributed by atoms with Crippen LogP contribution in [0.2, 0.25) is 0 Å². The number of carbonyl (C=O) groups is 2. The highest BCUT2D eigenvalue weighted by molar-refractivity contribution is 7.93. The summed E-state index contributed by atoms with van der Waals surface area (Å²) < 4.78 is 72.9. The van der Waals surface area contributed by atoms with E-state index in [1.807, 2.05) is 6.07 Å². The van der Waals surface area contributed by atoms with E-state index in [4.69, 9.17) is 0 Å². The molecule has 4 aromatic carbocycles. The first-order valence-corrected chi connectivity index (χ1v) is 24.2. The zero-order valence-corrected chi connectivity index (χ0v) is 37.9. The van der Waals surface area contributed by atoms with Crippen molar-refractivity contribution in [3.8, 4) is 22.3 Å². The Morgan fingerprint density at radius 2 is 1.13 bits per heavy atom. The molecule has 68 heavy (non-hydrogen) atoms. The summed E-state index contributed by atoms with van der Waals surface area (Å²) in [6.45, 7) is 2.87. The number of allylic oxidation sites excluding steroid dienone is 2. The number of pyridine rings is 2. The van der Waals surface area contributed by atoms with Gasteiger partial charge in [0.25, 0.3) is 11.1 Å². The summed E-state index contributed by atoms with van der Waals surface area (Å²) in [6.07, 6.45) is 16.6. The Bertz CT molecular complexity index is 3570. The number of benzene rings is 4. The number of sulfone groups is 2. The second kappa shape index (κ2) is 21.8. The summed E-state index contributed by atoms with van der Waals surface area (Å²) in [4.78, 5) is 70.9. The van der Waals surface area contributed by atoms with E-state index in [1.165, 1.54) is 90.3 Å². The highest BCUT2D eigenvalue weighted by Gasteiger charge is 2.24. The number of halogens is 2. The molecule has 4 aromatic heterocycles. The first-order valence-electron chi connectivity index (χ1n) is 20.2. The lowest BCUT2D eigenvalue weighted by molar-refractivity contribution is 0.103. The Labute approximate surface area is 390 Å². The number of nitrogens with one attached hydrogen (secondary N) is 1. The maximum atomic E-state index is 14.3. The largest absolute Gasteiger partial charge is 0.321 e. The van der Waals surface area contributed by atoms with Crippen molar-refractivity contribution in [2.45, 2.75) is 6.54 Å². The molecule has 0 amide bonds. The molecule has 18 heteroatoms. The number of fused-ring (bicyclic) bond motifs is 2. The van der Waals surface area contributed by atoms with Crippen molar-refractivity contribution < 1.29 is 36.6 Å². The SMILES string of the molecule is C=CS(C)(=O)=O.CS(=O)(=O)CCn1c(=O)c(C(=O)/C=C/c2cncnc2)c(-c2ccccc2)c2cc(F)ccc21.O=C(/C=C/c1cncnc1)c1c(-c2ccccc2)c2cc(F)ccc2[nH]c1=O.[HH]. The molecule has 0 atom stereocenters. The molecular weight excluding hydrogens is 915 g/mol. The Morgan fingerprint density at radius 1 is 0.676 bits per heavy atom. The maximum absolute atomic E-state index is 14.3. The van der Waals surface area contributed by atoms with E-state index in [-0.39, 0.29) is 30.4 Å². The molecule has 0 bridgehead atoms. The Kier molecular flexibility index (Phi) is 15.8. The third kappa shape index (κ3) is 12.8. The standard InChI is InChI=1S/C25H20FN3O4S.C22H14FN3O2.C3H6O2S.H2/c1-34(32,33)12-11-29-21-9-8-19(26)13-20(21)23(18-5-3-2-4-6-18)24(25(29)31)22(30)10-7-17-14-27-16-28-15-17;23-16-7-8-18-17(10-16)20(15-4-2-1-3-5-15)21(22(28)26-18)19(27)9-6-14-11-24-13-25-12-14;1-3-6(2,4)5;/h2-10,13-16H,11-12H2,1H3;1-13H,(H,26,28);3H,1H2,2H3;1H/b10-7+;9-6+;;. The van der Waals surface area contributed by atoms with E-state index in [2.05, 4.69) is 31.5 Å². The summed E-state index contributed by atoms with van der Waals surface area (Å²) in [7, 11) is -6.30. The predicted molar refractivity (Wildman–Crippen MR) is 261 cm³/mol. The van der Waals surface area contributed by atoms with E-state index < -0.39 is 54.0 Å². The fraction of sp³-hybridized carbons (Fsp3) is 0.0800. The van der Waals surface area contributed by atoms with Crippen LogP contribution in [0.1, 0.15) is 33.3 Å². The fourth-order valence-corrected chi connectivity index (χ4v) is 7.27. The minimum absolute atomic E-state index is 0. The molecule has 0 saturated heterocycles. The van der Waals surface area contributed by atoms with Crippen LogP contribution in [0.15, 0.2) is 168 Å². The van der Waals surface area contributed by atoms with Crippen molar-refractivity contribution >= 4 is 65.2 Å². The minimum atomic E-state index is -3.40. The van der Waals surface area contributed by atoms with Gasteiger partial charge in [-0.1, -0.05) is 67.2 Å². The molecular formula is C50H42F2N6O8S2. The Hall–Kier alpha value is -8.22. The van der Waals surface area contributed by atoms with Crippen LogP contribution in [0.3, 0.4) is 0 Å². The van der Waals surface area contributed by atoms with E-state index in [1.54, 1.807) is 67.0 Å². The summed E-state index contributed by atoms with van der Waals surface area (Å²) in [5.41, 5.74) is 2.48. The van der Waals surface area contributed by atoms with Gasteiger partial charge in [-0.05, 0) is 71.8 Å². The summed E-state index contributed by atoms with van der Waals surface area (Å²) in [6, 6.07) is 25.7. The molecule has 0 aliphatic heterocycles. The molecule has 0 aliphatic rings. The lowest BCUT2D eigenvalue weighted by Crippen LogP contribution is -2.30. The average molecular weight is 957 g/mol. The zero-order chi connectivity index (χ0) is 49.0. The van der Waals surface area contributed by atoms with Gasteiger partial charge in [0.2, 0.25) is 0 Å². The minimum Gasteiger partial charge on any atom is -0.321 e. The quantitative estimate of drug-likeness (QED) is 0.0913. The van der Waals surface area contributed by atoms with Crippen molar-refractivity contribution in [1.29, 1.82) is 0 Å². The lowest BCUT2D eigenvalue weighted by atomic mass is 9.93. The maximum Gasteiger partial charge on any atom is 0.262 e. The molecule has 0 aliphatic carbocycles. The fourth-order valence-electron chi connectivity index (χ4n) is 6.75. The highest BCUT2D eigenvalue weighted by atomic mass is 32.2. The van der Waals surface area contributed by atoms with Gasteiger partial charge < -0.3 is 9.55 Å². The second-order valence-corrected chi connectivity index (χ2v) is 19.1. The number of ketones is 2. The van der Waals surface area contributed by atoms with Gasteiger partial charge in [0.05, 0.1) is 22.4 Å². The van der Waals surface area contributed by atoms with Crippen molar-refractivity contribution in [3.05, 3.63) is 213 Å². The molecule has 0 fully saturated rings. The molecule has 8 rings (SSSR count). The van der Waals surface area contributed by atoms with Crippen LogP contribution in [-0.2, 0) is 26.2 Å². The van der Waals surface area contributed by atoms with Gasteiger partial charge in [-0.2, -0.15) is 0 Å². The number of hydrogen-bond donors (Lipinski definition) is 1. The normalized spacial score (nSPS) is 11.5. The van der Waals surface area contributed by atoms with Gasteiger partial charge in [0.1, 0.15) is 34.1 Å². The number of nitrogens with zero attached hydrogens (tertiary/aromatic N) is 5. The molecule has 8 aromatic rings.